The zero-order valence-electron chi connectivity index (χ0n) is 8.68. The lowest BCUT2D eigenvalue weighted by molar-refractivity contribution is -0.134. The van der Waals surface area contributed by atoms with E-state index in [2.05, 4.69) is 4.74 Å². The molecule has 1 rings (SSSR count). The van der Waals surface area contributed by atoms with Crippen molar-refractivity contribution < 1.29 is 26.2 Å². The number of hydrogen-bond donors (Lipinski definition) is 0. The Kier molecular flexibility index (Phi) is 3.95. The van der Waals surface area contributed by atoms with E-state index < -0.39 is 26.9 Å². The molecular weight excluding hydrogens is 254 g/mol. The second-order valence-electron chi connectivity index (χ2n) is 2.98. The molecule has 0 N–H and O–H groups in total. The molecule has 0 amide bonds. The first-order valence-electron chi connectivity index (χ1n) is 4.35. The van der Waals surface area contributed by atoms with Crippen LogP contribution in [0.2, 0.25) is 0 Å². The van der Waals surface area contributed by atoms with Gasteiger partial charge in [-0.3, -0.25) is 0 Å². The van der Waals surface area contributed by atoms with Crippen molar-refractivity contribution in [2.45, 2.75) is 0 Å². The van der Waals surface area contributed by atoms with E-state index in [1.807, 2.05) is 0 Å². The second kappa shape index (κ2) is 5.05. The van der Waals surface area contributed by atoms with Crippen LogP contribution in [0.25, 0.3) is 4.91 Å². The summed E-state index contributed by atoms with van der Waals surface area (Å²) in [4.78, 5) is 10.0. The lowest BCUT2D eigenvalue weighted by Gasteiger charge is -2.02. The summed E-state index contributed by atoms with van der Waals surface area (Å²) in [5.74, 6) is -1.63. The Balaban J connectivity index is 3.31. The topological polar surface area (TPSA) is 60.4 Å². The van der Waals surface area contributed by atoms with Crippen molar-refractivity contribution in [2.75, 3.05) is 7.11 Å². The Morgan fingerprint density at radius 3 is 2.24 bits per heavy atom. The minimum Gasteiger partial charge on any atom is -0.466 e. The maximum Gasteiger partial charge on any atom is 0.332 e. The van der Waals surface area contributed by atoms with E-state index in [1.165, 1.54) is 0 Å². The zero-order valence-corrected chi connectivity index (χ0v) is 9.50. The van der Waals surface area contributed by atoms with Crippen LogP contribution in [0.15, 0.2) is 30.3 Å². The fourth-order valence-electron chi connectivity index (χ4n) is 1.07. The summed E-state index contributed by atoms with van der Waals surface area (Å²) in [7, 11) is -4.08. The fourth-order valence-corrected chi connectivity index (χ4v) is 1.73. The number of ether oxygens (including phenoxy) is 1. The van der Waals surface area contributed by atoms with Crippen molar-refractivity contribution in [3.05, 3.63) is 41.7 Å². The largest absolute Gasteiger partial charge is 0.466 e. The highest BCUT2D eigenvalue weighted by Gasteiger charge is 2.20. The number of methoxy groups -OCH3 is 1. The van der Waals surface area contributed by atoms with Gasteiger partial charge in [-0.15, -0.1) is 3.89 Å². The van der Waals surface area contributed by atoms with Crippen molar-refractivity contribution in [1.29, 1.82) is 0 Å². The Labute approximate surface area is 96.7 Å². The number of rotatable bonds is 3. The van der Waals surface area contributed by atoms with Crippen LogP contribution in [0.4, 0.5) is 8.28 Å². The van der Waals surface area contributed by atoms with Crippen molar-refractivity contribution >= 4 is 21.1 Å². The minimum atomic E-state index is -5.10. The summed E-state index contributed by atoms with van der Waals surface area (Å²) in [5.41, 5.74) is -0.140. The number of hydrogen-bond acceptors (Lipinski definition) is 4. The summed E-state index contributed by atoms with van der Waals surface area (Å²) >= 11 is 0. The van der Waals surface area contributed by atoms with E-state index >= 15 is 0 Å². The van der Waals surface area contributed by atoms with Crippen LogP contribution >= 0.6 is 0 Å². The van der Waals surface area contributed by atoms with Crippen molar-refractivity contribution in [3.8, 4) is 0 Å². The maximum atomic E-state index is 12.9. The minimum absolute atomic E-state index is 0.140. The first-order valence-corrected chi connectivity index (χ1v) is 5.73. The average Bonchev–Trinajstić information content (AvgIpc) is 2.25. The third-order valence-electron chi connectivity index (χ3n) is 1.84. The normalized spacial score (nSPS) is 12.3. The van der Waals surface area contributed by atoms with Gasteiger partial charge in [0.2, 0.25) is 0 Å². The number of halogens is 2. The standard InChI is InChI=1S/C10H8F2O4S/c1-16-10(13)6-9(17(12,14)15)7-2-4-8(11)5-3-7/h2-6H,1H3/b9-6-. The van der Waals surface area contributed by atoms with Gasteiger partial charge in [-0.1, -0.05) is 12.1 Å². The molecule has 0 aliphatic heterocycles. The highest BCUT2D eigenvalue weighted by molar-refractivity contribution is 7.96. The third-order valence-corrected chi connectivity index (χ3v) is 2.72. The highest BCUT2D eigenvalue weighted by atomic mass is 32.3. The molecule has 0 saturated carbocycles. The summed E-state index contributed by atoms with van der Waals surface area (Å²) in [5, 5.41) is 0. The molecule has 0 unspecified atom stereocenters. The second-order valence-corrected chi connectivity index (χ2v) is 4.29. The Morgan fingerprint density at radius 2 is 1.82 bits per heavy atom. The SMILES string of the molecule is COC(=O)/C=C(/c1ccc(F)cc1)S(=O)(=O)F. The molecule has 0 saturated heterocycles. The first-order chi connectivity index (χ1) is 7.84. The quantitative estimate of drug-likeness (QED) is 0.472. The van der Waals surface area contributed by atoms with Gasteiger partial charge in [-0.2, -0.15) is 8.42 Å². The number of benzene rings is 1. The molecule has 0 spiro atoms. The summed E-state index contributed by atoms with van der Waals surface area (Å²) in [6.45, 7) is 0. The van der Waals surface area contributed by atoms with Crippen LogP contribution in [-0.4, -0.2) is 21.5 Å². The van der Waals surface area contributed by atoms with Crippen LogP contribution in [0.1, 0.15) is 5.56 Å². The van der Waals surface area contributed by atoms with E-state index in [4.69, 9.17) is 0 Å². The van der Waals surface area contributed by atoms with E-state index in [-0.39, 0.29) is 5.56 Å². The fraction of sp³-hybridized carbons (Fsp3) is 0.100. The molecule has 0 aliphatic carbocycles. The average molecular weight is 262 g/mol. The van der Waals surface area contributed by atoms with Gasteiger partial charge in [0, 0.05) is 6.08 Å². The molecule has 1 aromatic rings. The van der Waals surface area contributed by atoms with Crippen molar-refractivity contribution in [1.82, 2.24) is 0 Å². The molecule has 92 valence electrons. The lowest BCUT2D eigenvalue weighted by Crippen LogP contribution is -2.02. The predicted octanol–water partition coefficient (Wildman–Crippen LogP) is 1.64. The molecule has 0 radical (unpaired) electrons. The summed E-state index contributed by atoms with van der Waals surface area (Å²) in [6, 6.07) is 3.99. The van der Waals surface area contributed by atoms with Gasteiger partial charge in [0.05, 0.1) is 7.11 Å². The molecule has 0 heterocycles. The van der Waals surface area contributed by atoms with Gasteiger partial charge in [0.1, 0.15) is 10.7 Å². The van der Waals surface area contributed by atoms with E-state index in [1.54, 1.807) is 0 Å². The Morgan fingerprint density at radius 1 is 1.29 bits per heavy atom. The van der Waals surface area contributed by atoms with Gasteiger partial charge in [0.15, 0.2) is 0 Å². The van der Waals surface area contributed by atoms with Crippen LogP contribution in [-0.2, 0) is 19.8 Å². The molecular formula is C10H8F2O4S. The Bertz CT molecular complexity index is 546. The first kappa shape index (κ1) is 13.3. The highest BCUT2D eigenvalue weighted by Crippen LogP contribution is 2.22. The van der Waals surface area contributed by atoms with Gasteiger partial charge in [-0.05, 0) is 17.7 Å². The predicted molar refractivity (Wildman–Crippen MR) is 56.4 cm³/mol. The maximum absolute atomic E-state index is 12.9. The molecule has 0 aromatic heterocycles. The van der Waals surface area contributed by atoms with E-state index in [9.17, 15) is 21.5 Å². The van der Waals surface area contributed by atoms with Crippen LogP contribution in [0, 0.1) is 5.82 Å². The van der Waals surface area contributed by atoms with Gasteiger partial charge in [-0.25, -0.2) is 9.18 Å². The molecule has 0 aliphatic rings. The van der Waals surface area contributed by atoms with Crippen molar-refractivity contribution in [2.24, 2.45) is 0 Å². The van der Waals surface area contributed by atoms with Gasteiger partial charge < -0.3 is 4.74 Å². The summed E-state index contributed by atoms with van der Waals surface area (Å²) in [6.07, 6.45) is 0.489. The third kappa shape index (κ3) is 3.63. The smallest absolute Gasteiger partial charge is 0.332 e. The van der Waals surface area contributed by atoms with Gasteiger partial charge in [0.25, 0.3) is 0 Å². The molecule has 0 bridgehead atoms. The number of esters is 1. The molecule has 0 atom stereocenters. The van der Waals surface area contributed by atoms with Gasteiger partial charge >= 0.3 is 16.2 Å². The zero-order chi connectivity index (χ0) is 13.1. The number of carbonyl (C=O) groups excluding carboxylic acids is 1. The molecule has 7 heteroatoms. The number of carbonyl (C=O) groups is 1. The lowest BCUT2D eigenvalue weighted by atomic mass is 10.2. The molecule has 17 heavy (non-hydrogen) atoms. The molecule has 1 aromatic carbocycles. The monoisotopic (exact) mass is 262 g/mol. The van der Waals surface area contributed by atoms with E-state index in [0.717, 1.165) is 31.4 Å². The summed E-state index contributed by atoms with van der Waals surface area (Å²) < 4.78 is 51.4. The van der Waals surface area contributed by atoms with Crippen LogP contribution in [0.3, 0.4) is 0 Å². The van der Waals surface area contributed by atoms with Crippen molar-refractivity contribution in [3.63, 3.8) is 0 Å². The molecule has 4 nitrogen and oxygen atoms in total. The van der Waals surface area contributed by atoms with Crippen LogP contribution in [0.5, 0.6) is 0 Å². The molecule has 0 fully saturated rings. The Hall–Kier alpha value is -1.76. The van der Waals surface area contributed by atoms with E-state index in [0.29, 0.717) is 6.08 Å². The van der Waals surface area contributed by atoms with Crippen LogP contribution < -0.4 is 0 Å².